The van der Waals surface area contributed by atoms with Crippen LogP contribution < -0.4 is 0 Å². The maximum atomic E-state index is 12.9. The second-order valence-electron chi connectivity index (χ2n) is 18.5. The van der Waals surface area contributed by atoms with E-state index in [1.54, 1.807) is 13.8 Å². The second kappa shape index (κ2) is 10.0. The normalized spacial score (nSPS) is 58.7. The highest BCUT2D eigenvalue weighted by molar-refractivity contribution is 5.66. The first-order valence-corrected chi connectivity index (χ1v) is 18.2. The van der Waals surface area contributed by atoms with Gasteiger partial charge >= 0.3 is 5.97 Å². The number of aliphatic hydroxyl groups is 5. The molecule has 0 amide bonds. The molecule has 11 nitrogen and oxygen atoms in total. The molecule has 8 rings (SSSR count). The topological polar surface area (TPSA) is 164 Å². The highest BCUT2D eigenvalue weighted by Crippen LogP contribution is 2.88. The zero-order valence-corrected chi connectivity index (χ0v) is 29.6. The minimum absolute atomic E-state index is 0.0107. The molecule has 0 aromatic heterocycles. The van der Waals surface area contributed by atoms with Crippen molar-refractivity contribution in [3.8, 4) is 0 Å². The molecule has 5 aliphatic carbocycles. The number of hydrogen-bond acceptors (Lipinski definition) is 11. The minimum Gasteiger partial charge on any atom is -0.462 e. The lowest BCUT2D eigenvalue weighted by Crippen LogP contribution is -2.64. The molecule has 3 aliphatic heterocycles. The van der Waals surface area contributed by atoms with Crippen LogP contribution in [0.2, 0.25) is 0 Å². The molecule has 17 atom stereocenters. The molecule has 4 saturated carbocycles. The van der Waals surface area contributed by atoms with Crippen molar-refractivity contribution >= 4 is 5.97 Å². The Kier molecular flexibility index (Phi) is 7.10. The van der Waals surface area contributed by atoms with Crippen LogP contribution in [0.3, 0.4) is 0 Å². The summed E-state index contributed by atoms with van der Waals surface area (Å²) in [5.41, 5.74) is -0.907. The Morgan fingerprint density at radius 1 is 0.979 bits per heavy atom. The molecule has 0 aromatic rings. The average Bonchev–Trinajstić information content (AvgIpc) is 3.52. The molecule has 48 heavy (non-hydrogen) atoms. The van der Waals surface area contributed by atoms with Gasteiger partial charge in [0.05, 0.1) is 24.4 Å². The molecule has 11 heteroatoms. The number of esters is 1. The Morgan fingerprint density at radius 3 is 2.38 bits per heavy atom. The fourth-order valence-electron chi connectivity index (χ4n) is 13.5. The minimum atomic E-state index is -1.82. The van der Waals surface area contributed by atoms with Gasteiger partial charge in [-0.1, -0.05) is 46.3 Å². The van der Waals surface area contributed by atoms with E-state index in [4.69, 9.17) is 23.7 Å². The Morgan fingerprint density at radius 2 is 1.69 bits per heavy atom. The first kappa shape index (κ1) is 34.0. The summed E-state index contributed by atoms with van der Waals surface area (Å²) in [6, 6.07) is 0. The Balaban J connectivity index is 1.15. The lowest BCUT2D eigenvalue weighted by atomic mass is 9.44. The predicted octanol–water partition coefficient (Wildman–Crippen LogP) is 2.58. The summed E-state index contributed by atoms with van der Waals surface area (Å²) < 4.78 is 31.5. The molecule has 0 radical (unpaired) electrons. The monoisotopic (exact) mass is 676 g/mol. The standard InChI is InChI=1S/C37H56O11/c1-17-25-20(47-37(43)28(17)48-32(5,6)30(37)42)13-33(7)22-10-9-21-31(3,4)23(46-29-27(41)26(40)19(39)15-44-29)11-12-35(21)16-36(22,35)14-24(34(25,33)8)45-18(2)38/h10,17,19-21,23-30,39-43H,9,11-16H2,1-8H3/t17-,19+,20+,21-,23+,24-,25+,26+,27-,28-,29+,30-,33+,34-,35-,36+,37+/m1/s1. The molecular formula is C37H56O11. The highest BCUT2D eigenvalue weighted by atomic mass is 16.7. The van der Waals surface area contributed by atoms with Crippen LogP contribution in [0.1, 0.15) is 93.9 Å². The Hall–Kier alpha value is -1.15. The molecule has 5 N–H and O–H groups in total. The fourth-order valence-corrected chi connectivity index (χ4v) is 13.5. The number of hydrogen-bond donors (Lipinski definition) is 5. The van der Waals surface area contributed by atoms with E-state index in [2.05, 4.69) is 40.7 Å². The number of carbonyl (C=O) groups excluding carboxylic acids is 1. The van der Waals surface area contributed by atoms with E-state index in [1.165, 1.54) is 12.5 Å². The van der Waals surface area contributed by atoms with Gasteiger partial charge in [-0.15, -0.1) is 0 Å². The molecule has 0 bridgehead atoms. The maximum absolute atomic E-state index is 12.9. The van der Waals surface area contributed by atoms with Crippen molar-refractivity contribution in [3.63, 3.8) is 0 Å². The number of fused-ring (bicyclic) bond motifs is 5. The predicted molar refractivity (Wildman–Crippen MR) is 170 cm³/mol. The Bertz CT molecular complexity index is 1410. The van der Waals surface area contributed by atoms with E-state index >= 15 is 0 Å². The van der Waals surface area contributed by atoms with E-state index in [-0.39, 0.29) is 64.9 Å². The number of ether oxygens (including phenoxy) is 5. The smallest absolute Gasteiger partial charge is 0.302 e. The zero-order chi connectivity index (χ0) is 34.8. The van der Waals surface area contributed by atoms with Gasteiger partial charge in [-0.2, -0.15) is 0 Å². The van der Waals surface area contributed by atoms with Crippen LogP contribution in [0.5, 0.6) is 0 Å². The lowest BCUT2D eigenvalue weighted by molar-refractivity contribution is -0.329. The quantitative estimate of drug-likeness (QED) is 0.221. The van der Waals surface area contributed by atoms with Crippen LogP contribution in [0, 0.1) is 44.8 Å². The number of carbonyl (C=O) groups is 1. The van der Waals surface area contributed by atoms with Gasteiger partial charge < -0.3 is 49.2 Å². The fraction of sp³-hybridized carbons (Fsp3) is 0.919. The molecule has 8 aliphatic rings. The third kappa shape index (κ3) is 3.89. The molecule has 2 spiro atoms. The Labute approximate surface area is 283 Å². The van der Waals surface area contributed by atoms with Gasteiger partial charge in [0.15, 0.2) is 6.29 Å². The van der Waals surface area contributed by atoms with Crippen LogP contribution >= 0.6 is 0 Å². The first-order valence-electron chi connectivity index (χ1n) is 18.2. The number of rotatable bonds is 3. The molecule has 270 valence electrons. The van der Waals surface area contributed by atoms with E-state index in [0.717, 1.165) is 32.1 Å². The van der Waals surface area contributed by atoms with E-state index in [9.17, 15) is 30.3 Å². The summed E-state index contributed by atoms with van der Waals surface area (Å²) in [5, 5.41) is 54.0. The van der Waals surface area contributed by atoms with Crippen molar-refractivity contribution in [2.24, 2.45) is 44.8 Å². The summed E-state index contributed by atoms with van der Waals surface area (Å²) >= 11 is 0. The van der Waals surface area contributed by atoms with Gasteiger partial charge in [-0.05, 0) is 75.0 Å². The zero-order valence-electron chi connectivity index (χ0n) is 29.6. The van der Waals surface area contributed by atoms with E-state index in [1.807, 2.05) is 0 Å². The van der Waals surface area contributed by atoms with Crippen LogP contribution in [0.25, 0.3) is 0 Å². The highest BCUT2D eigenvalue weighted by Gasteiger charge is 2.85. The third-order valence-corrected chi connectivity index (χ3v) is 15.8. The molecule has 3 saturated heterocycles. The first-order chi connectivity index (χ1) is 22.2. The van der Waals surface area contributed by atoms with Gasteiger partial charge in [0.2, 0.25) is 5.79 Å². The largest absolute Gasteiger partial charge is 0.462 e. The number of allylic oxidation sites excluding steroid dienone is 2. The summed E-state index contributed by atoms with van der Waals surface area (Å²) in [6.45, 7) is 16.1. The van der Waals surface area contributed by atoms with Crippen molar-refractivity contribution < 1.29 is 54.0 Å². The van der Waals surface area contributed by atoms with Crippen LogP contribution in [-0.4, -0.2) is 105 Å². The SMILES string of the molecule is CC(=O)O[C@@H]1C[C@@]23C[C@@]24CC[C@H](O[C@@H]2OC[C@H](O)[C@H](O)[C@H]2O)C(C)(C)[C@H]4CC=C3[C@]2(C)C[C@@H]3O[C@@]4(O)[C@H](OC(C)(C)[C@H]4O)[C@H](C)[C@@H]3[C@@]12C. The van der Waals surface area contributed by atoms with E-state index < -0.39 is 59.0 Å². The van der Waals surface area contributed by atoms with Crippen molar-refractivity contribution in [1.82, 2.24) is 0 Å². The molecule has 0 aromatic carbocycles. The van der Waals surface area contributed by atoms with Crippen molar-refractivity contribution in [1.29, 1.82) is 0 Å². The van der Waals surface area contributed by atoms with Crippen LogP contribution in [0.15, 0.2) is 11.6 Å². The van der Waals surface area contributed by atoms with Gasteiger partial charge in [0.1, 0.15) is 36.6 Å². The van der Waals surface area contributed by atoms with E-state index in [0.29, 0.717) is 6.42 Å². The maximum Gasteiger partial charge on any atom is 0.302 e. The molecule has 3 heterocycles. The third-order valence-electron chi connectivity index (χ3n) is 15.8. The second-order valence-corrected chi connectivity index (χ2v) is 18.5. The molecular weight excluding hydrogens is 620 g/mol. The number of aliphatic hydroxyl groups excluding tert-OH is 4. The summed E-state index contributed by atoms with van der Waals surface area (Å²) in [4.78, 5) is 12.9. The molecule has 0 unspecified atom stereocenters. The summed E-state index contributed by atoms with van der Waals surface area (Å²) in [7, 11) is 0. The van der Waals surface area contributed by atoms with Crippen molar-refractivity contribution in [2.45, 2.75) is 160 Å². The lowest BCUT2D eigenvalue weighted by Gasteiger charge is -2.62. The average molecular weight is 677 g/mol. The van der Waals surface area contributed by atoms with Gasteiger partial charge in [0, 0.05) is 29.1 Å². The summed E-state index contributed by atoms with van der Waals surface area (Å²) in [5.74, 6) is -2.11. The summed E-state index contributed by atoms with van der Waals surface area (Å²) in [6.07, 6.45) is -0.377. The van der Waals surface area contributed by atoms with Crippen molar-refractivity contribution in [2.75, 3.05) is 6.61 Å². The van der Waals surface area contributed by atoms with Gasteiger partial charge in [0.25, 0.3) is 0 Å². The van der Waals surface area contributed by atoms with Gasteiger partial charge in [-0.3, -0.25) is 4.79 Å². The van der Waals surface area contributed by atoms with Crippen LogP contribution in [-0.2, 0) is 28.5 Å². The van der Waals surface area contributed by atoms with Gasteiger partial charge in [-0.25, -0.2) is 0 Å². The van der Waals surface area contributed by atoms with Crippen molar-refractivity contribution in [3.05, 3.63) is 11.6 Å². The molecule has 7 fully saturated rings. The van der Waals surface area contributed by atoms with Crippen LogP contribution in [0.4, 0.5) is 0 Å².